The summed E-state index contributed by atoms with van der Waals surface area (Å²) < 4.78 is 9.74. The summed E-state index contributed by atoms with van der Waals surface area (Å²) in [6.07, 6.45) is 1.14. The summed E-state index contributed by atoms with van der Waals surface area (Å²) in [7, 11) is 1.30. The van der Waals surface area contributed by atoms with E-state index < -0.39 is 22.7 Å². The highest BCUT2D eigenvalue weighted by atomic mass is 16.6. The molecule has 0 radical (unpaired) electrons. The number of amides is 2. The van der Waals surface area contributed by atoms with E-state index in [4.69, 9.17) is 9.47 Å². The van der Waals surface area contributed by atoms with Crippen molar-refractivity contribution >= 4 is 35.4 Å². The number of benzene rings is 2. The summed E-state index contributed by atoms with van der Waals surface area (Å²) in [6.45, 7) is 1.92. The monoisotopic (exact) mass is 414 g/mol. The maximum Gasteiger partial charge on any atom is 0.338 e. The Bertz CT molecular complexity index is 987. The van der Waals surface area contributed by atoms with Gasteiger partial charge in [-0.05, 0) is 43.3 Å². The first-order valence-corrected chi connectivity index (χ1v) is 8.59. The van der Waals surface area contributed by atoms with Gasteiger partial charge in [-0.15, -0.1) is 0 Å². The number of ether oxygens (including phenoxy) is 2. The van der Waals surface area contributed by atoms with Gasteiger partial charge in [0.2, 0.25) is 0 Å². The maximum absolute atomic E-state index is 11.9. The average Bonchev–Trinajstić information content (AvgIpc) is 2.74. The van der Waals surface area contributed by atoms with Gasteiger partial charge in [0.15, 0.2) is 5.75 Å². The molecule has 0 spiro atoms. The molecule has 0 bridgehead atoms. The predicted molar refractivity (Wildman–Crippen MR) is 106 cm³/mol. The first kappa shape index (κ1) is 22.0. The van der Waals surface area contributed by atoms with E-state index in [9.17, 15) is 24.5 Å². The number of hydrogen-bond acceptors (Lipinski definition) is 8. The van der Waals surface area contributed by atoms with Crippen LogP contribution in [0, 0.1) is 10.1 Å². The van der Waals surface area contributed by atoms with E-state index in [0.29, 0.717) is 11.1 Å². The van der Waals surface area contributed by atoms with E-state index in [-0.39, 0.29) is 23.7 Å². The Hall–Kier alpha value is -4.28. The quantitative estimate of drug-likeness (QED) is 0.231. The minimum atomic E-state index is -1.05. The molecule has 0 saturated carbocycles. The fourth-order valence-electron chi connectivity index (χ4n) is 2.24. The minimum absolute atomic E-state index is 0.0783. The number of rotatable bonds is 7. The van der Waals surface area contributed by atoms with Crippen LogP contribution in [-0.2, 0) is 14.3 Å². The number of carbonyl (C=O) groups is 3. The number of carbonyl (C=O) groups excluding carboxylic acids is 3. The molecule has 0 aromatic heterocycles. The third-order valence-corrected chi connectivity index (χ3v) is 3.64. The first-order valence-electron chi connectivity index (χ1n) is 8.59. The second-order valence-corrected chi connectivity index (χ2v) is 5.64. The predicted octanol–water partition coefficient (Wildman–Crippen LogP) is 1.87. The highest BCUT2D eigenvalue weighted by molar-refractivity contribution is 6.39. The molecule has 0 atom stereocenters. The van der Waals surface area contributed by atoms with Crippen LogP contribution in [0.3, 0.4) is 0 Å². The van der Waals surface area contributed by atoms with Crippen LogP contribution in [0.15, 0.2) is 47.6 Å². The van der Waals surface area contributed by atoms with Crippen molar-refractivity contribution in [3.8, 4) is 5.75 Å². The van der Waals surface area contributed by atoms with Crippen LogP contribution in [0.5, 0.6) is 5.75 Å². The van der Waals surface area contributed by atoms with Crippen LogP contribution in [0.1, 0.15) is 22.8 Å². The van der Waals surface area contributed by atoms with Crippen LogP contribution in [0.2, 0.25) is 0 Å². The molecule has 0 heterocycles. The lowest BCUT2D eigenvalue weighted by atomic mass is 10.2. The molecule has 2 N–H and O–H groups in total. The van der Waals surface area contributed by atoms with Gasteiger partial charge in [-0.1, -0.05) is 0 Å². The van der Waals surface area contributed by atoms with Crippen molar-refractivity contribution in [2.45, 2.75) is 6.92 Å². The van der Waals surface area contributed by atoms with Gasteiger partial charge in [0.25, 0.3) is 0 Å². The van der Waals surface area contributed by atoms with E-state index in [0.717, 1.165) is 6.21 Å². The molecule has 2 aromatic rings. The van der Waals surface area contributed by atoms with Crippen molar-refractivity contribution in [3.05, 3.63) is 63.7 Å². The van der Waals surface area contributed by atoms with Gasteiger partial charge >= 0.3 is 23.5 Å². The van der Waals surface area contributed by atoms with Crippen LogP contribution < -0.4 is 15.5 Å². The van der Waals surface area contributed by atoms with Crippen molar-refractivity contribution in [2.24, 2.45) is 5.10 Å². The molecule has 156 valence electrons. The summed E-state index contributed by atoms with van der Waals surface area (Å²) in [6, 6.07) is 9.86. The molecule has 2 amide bonds. The molecule has 30 heavy (non-hydrogen) atoms. The molecule has 0 aliphatic carbocycles. The summed E-state index contributed by atoms with van der Waals surface area (Å²) in [5.74, 6) is -2.46. The van der Waals surface area contributed by atoms with E-state index in [1.165, 1.54) is 49.6 Å². The maximum atomic E-state index is 11.9. The summed E-state index contributed by atoms with van der Waals surface area (Å²) in [5, 5.41) is 17.0. The fraction of sp³-hybridized carbons (Fsp3) is 0.158. The zero-order valence-electron chi connectivity index (χ0n) is 16.1. The summed E-state index contributed by atoms with van der Waals surface area (Å²) in [4.78, 5) is 45.7. The SMILES string of the molecule is CCOC(=O)c1ccc(NC(=O)C(=O)N/N=C\c2ccc(OC)c([N+](=O)[O-])c2)cc1. The molecule has 0 saturated heterocycles. The van der Waals surface area contributed by atoms with Gasteiger partial charge in [-0.25, -0.2) is 10.2 Å². The molecule has 0 fully saturated rings. The number of hydrogen-bond donors (Lipinski definition) is 2. The fourth-order valence-corrected chi connectivity index (χ4v) is 2.24. The number of esters is 1. The summed E-state index contributed by atoms with van der Waals surface area (Å²) >= 11 is 0. The molecule has 0 aliphatic rings. The smallest absolute Gasteiger partial charge is 0.338 e. The molecule has 2 rings (SSSR count). The van der Waals surface area contributed by atoms with Crippen molar-refractivity contribution < 1.29 is 28.8 Å². The van der Waals surface area contributed by atoms with Crippen molar-refractivity contribution in [1.82, 2.24) is 5.43 Å². The highest BCUT2D eigenvalue weighted by Crippen LogP contribution is 2.26. The van der Waals surface area contributed by atoms with Crippen LogP contribution in [0.25, 0.3) is 0 Å². The molecular weight excluding hydrogens is 396 g/mol. The number of nitro benzene ring substituents is 1. The normalized spacial score (nSPS) is 10.3. The molecule has 0 aliphatic heterocycles. The Morgan fingerprint density at radius 3 is 2.43 bits per heavy atom. The zero-order chi connectivity index (χ0) is 22.1. The lowest BCUT2D eigenvalue weighted by Gasteiger charge is -2.05. The van der Waals surface area contributed by atoms with Crippen molar-refractivity contribution in [1.29, 1.82) is 0 Å². The van der Waals surface area contributed by atoms with E-state index >= 15 is 0 Å². The number of nitrogens with zero attached hydrogens (tertiary/aromatic N) is 2. The number of nitrogens with one attached hydrogen (secondary N) is 2. The minimum Gasteiger partial charge on any atom is -0.490 e. The number of nitro groups is 1. The third-order valence-electron chi connectivity index (χ3n) is 3.64. The Morgan fingerprint density at radius 2 is 1.83 bits per heavy atom. The molecular formula is C19H18N4O7. The van der Waals surface area contributed by atoms with Crippen molar-refractivity contribution in [2.75, 3.05) is 19.0 Å². The molecule has 11 heteroatoms. The lowest BCUT2D eigenvalue weighted by Crippen LogP contribution is -2.32. The Morgan fingerprint density at radius 1 is 1.13 bits per heavy atom. The standard InChI is InChI=1S/C19H18N4O7/c1-3-30-19(26)13-5-7-14(8-6-13)21-17(24)18(25)22-20-11-12-4-9-16(29-2)15(10-12)23(27)28/h4-11H,3H2,1-2H3,(H,21,24)(H,22,25)/b20-11-. The van der Waals surface area contributed by atoms with E-state index in [2.05, 4.69) is 10.4 Å². The number of hydrazone groups is 1. The van der Waals surface area contributed by atoms with Crippen LogP contribution in [0.4, 0.5) is 11.4 Å². The topological polar surface area (TPSA) is 149 Å². The third kappa shape index (κ3) is 5.86. The Labute approximate surface area is 170 Å². The first-order chi connectivity index (χ1) is 14.3. The van der Waals surface area contributed by atoms with Crippen LogP contribution >= 0.6 is 0 Å². The second-order valence-electron chi connectivity index (χ2n) is 5.64. The van der Waals surface area contributed by atoms with Gasteiger partial charge in [-0.2, -0.15) is 5.10 Å². The van der Waals surface area contributed by atoms with Gasteiger partial charge in [0, 0.05) is 17.3 Å². The van der Waals surface area contributed by atoms with E-state index in [1.54, 1.807) is 6.92 Å². The number of anilines is 1. The second kappa shape index (κ2) is 10.3. The molecule has 2 aromatic carbocycles. The van der Waals surface area contributed by atoms with Crippen LogP contribution in [-0.4, -0.2) is 42.6 Å². The molecule has 0 unspecified atom stereocenters. The largest absolute Gasteiger partial charge is 0.490 e. The summed E-state index contributed by atoms with van der Waals surface area (Å²) in [5.41, 5.74) is 2.66. The average molecular weight is 414 g/mol. The lowest BCUT2D eigenvalue weighted by molar-refractivity contribution is -0.385. The highest BCUT2D eigenvalue weighted by Gasteiger charge is 2.15. The van der Waals surface area contributed by atoms with E-state index in [1.807, 2.05) is 5.43 Å². The Balaban J connectivity index is 1.95. The van der Waals surface area contributed by atoms with Gasteiger partial charge in [0.1, 0.15) is 0 Å². The van der Waals surface area contributed by atoms with Gasteiger partial charge in [-0.3, -0.25) is 19.7 Å². The van der Waals surface area contributed by atoms with Gasteiger partial charge < -0.3 is 14.8 Å². The molecule has 11 nitrogen and oxygen atoms in total. The van der Waals surface area contributed by atoms with Gasteiger partial charge in [0.05, 0.1) is 30.4 Å². The Kier molecular flexibility index (Phi) is 7.57. The number of methoxy groups -OCH3 is 1. The van der Waals surface area contributed by atoms with Crippen molar-refractivity contribution in [3.63, 3.8) is 0 Å². The zero-order valence-corrected chi connectivity index (χ0v) is 16.1.